The van der Waals surface area contributed by atoms with Crippen LogP contribution in [-0.2, 0) is 6.42 Å². The highest BCUT2D eigenvalue weighted by molar-refractivity contribution is 5.20. The monoisotopic (exact) mass is 212 g/mol. The fourth-order valence-electron chi connectivity index (χ4n) is 1.83. The molecule has 1 saturated heterocycles. The molecule has 1 aliphatic heterocycles. The van der Waals surface area contributed by atoms with Crippen LogP contribution >= 0.6 is 0 Å². The van der Waals surface area contributed by atoms with Crippen molar-refractivity contribution < 1.29 is 8.78 Å². The van der Waals surface area contributed by atoms with E-state index in [1.54, 1.807) is 12.1 Å². The Morgan fingerprint density at radius 3 is 2.87 bits per heavy atom. The van der Waals surface area contributed by atoms with E-state index < -0.39 is 11.6 Å². The van der Waals surface area contributed by atoms with Gasteiger partial charge in [0.1, 0.15) is 0 Å². The van der Waals surface area contributed by atoms with E-state index in [0.29, 0.717) is 12.0 Å². The zero-order valence-electron chi connectivity index (χ0n) is 8.39. The van der Waals surface area contributed by atoms with Crippen LogP contribution in [0.1, 0.15) is 5.56 Å². The molecule has 0 aliphatic carbocycles. The third kappa shape index (κ3) is 2.52. The molecule has 0 amide bonds. The number of hydrogen-bond donors (Lipinski definition) is 2. The molecule has 2 N–H and O–H groups in total. The van der Waals surface area contributed by atoms with Crippen molar-refractivity contribution >= 4 is 0 Å². The Hall–Kier alpha value is -1.00. The van der Waals surface area contributed by atoms with Gasteiger partial charge in [-0.1, -0.05) is 12.1 Å². The van der Waals surface area contributed by atoms with Gasteiger partial charge in [-0.25, -0.2) is 8.78 Å². The van der Waals surface area contributed by atoms with Gasteiger partial charge in [0.05, 0.1) is 0 Å². The second-order valence-electron chi connectivity index (χ2n) is 3.77. The third-order valence-electron chi connectivity index (χ3n) is 2.62. The predicted octanol–water partition coefficient (Wildman–Crippen LogP) is 1.07. The highest BCUT2D eigenvalue weighted by Gasteiger charge is 2.15. The largest absolute Gasteiger partial charge is 0.314 e. The molecule has 0 bridgehead atoms. The minimum atomic E-state index is -0.767. The van der Waals surface area contributed by atoms with Gasteiger partial charge >= 0.3 is 0 Å². The van der Waals surface area contributed by atoms with Gasteiger partial charge in [-0.05, 0) is 18.1 Å². The summed E-state index contributed by atoms with van der Waals surface area (Å²) in [7, 11) is 0. The average molecular weight is 212 g/mol. The van der Waals surface area contributed by atoms with E-state index in [4.69, 9.17) is 0 Å². The molecule has 1 fully saturated rings. The highest BCUT2D eigenvalue weighted by Crippen LogP contribution is 2.13. The lowest BCUT2D eigenvalue weighted by molar-refractivity contribution is 0.408. The molecule has 2 nitrogen and oxygen atoms in total. The van der Waals surface area contributed by atoms with Crippen molar-refractivity contribution in [1.82, 2.24) is 10.6 Å². The second kappa shape index (κ2) is 4.68. The van der Waals surface area contributed by atoms with E-state index in [1.807, 2.05) is 0 Å². The van der Waals surface area contributed by atoms with Gasteiger partial charge in [0.25, 0.3) is 0 Å². The summed E-state index contributed by atoms with van der Waals surface area (Å²) in [5.74, 6) is -1.49. The minimum absolute atomic E-state index is 0.190. The molecule has 1 aromatic rings. The predicted molar refractivity (Wildman–Crippen MR) is 54.7 cm³/mol. The number of piperazine rings is 1. The number of benzene rings is 1. The number of nitrogens with one attached hydrogen (secondary N) is 2. The molecule has 15 heavy (non-hydrogen) atoms. The lowest BCUT2D eigenvalue weighted by atomic mass is 10.0. The first-order valence-electron chi connectivity index (χ1n) is 5.14. The van der Waals surface area contributed by atoms with Gasteiger partial charge in [0.15, 0.2) is 11.6 Å². The molecule has 0 aromatic heterocycles. The fourth-order valence-corrected chi connectivity index (χ4v) is 1.83. The number of rotatable bonds is 2. The Bertz CT molecular complexity index is 335. The van der Waals surface area contributed by atoms with Gasteiger partial charge in [-0.3, -0.25) is 0 Å². The third-order valence-corrected chi connectivity index (χ3v) is 2.62. The van der Waals surface area contributed by atoms with Crippen molar-refractivity contribution in [1.29, 1.82) is 0 Å². The standard InChI is InChI=1S/C11H14F2N2/c12-10-3-1-2-8(11(10)13)6-9-7-14-4-5-15-9/h1-3,9,14-15H,4-7H2/t9-/m1/s1. The molecule has 0 saturated carbocycles. The maximum absolute atomic E-state index is 13.3. The van der Waals surface area contributed by atoms with Crippen LogP contribution in [-0.4, -0.2) is 25.7 Å². The number of hydrogen-bond acceptors (Lipinski definition) is 2. The van der Waals surface area contributed by atoms with Crippen LogP contribution in [0.5, 0.6) is 0 Å². The van der Waals surface area contributed by atoms with Crippen LogP contribution in [0.25, 0.3) is 0 Å². The molecule has 1 aliphatic rings. The molecule has 1 atom stereocenters. The van der Waals surface area contributed by atoms with Crippen molar-refractivity contribution in [2.75, 3.05) is 19.6 Å². The SMILES string of the molecule is Fc1cccc(C[C@@H]2CNCCN2)c1F. The van der Waals surface area contributed by atoms with E-state index in [2.05, 4.69) is 10.6 Å². The van der Waals surface area contributed by atoms with Crippen LogP contribution in [0.4, 0.5) is 8.78 Å². The smallest absolute Gasteiger partial charge is 0.162 e. The molecule has 4 heteroatoms. The van der Waals surface area contributed by atoms with E-state index in [0.717, 1.165) is 25.7 Å². The zero-order chi connectivity index (χ0) is 10.7. The van der Waals surface area contributed by atoms with Gasteiger partial charge in [0, 0.05) is 25.7 Å². The first-order valence-corrected chi connectivity index (χ1v) is 5.14. The maximum Gasteiger partial charge on any atom is 0.162 e. The van der Waals surface area contributed by atoms with Gasteiger partial charge in [-0.15, -0.1) is 0 Å². The molecular formula is C11H14F2N2. The summed E-state index contributed by atoms with van der Waals surface area (Å²) < 4.78 is 26.3. The van der Waals surface area contributed by atoms with Crippen LogP contribution in [0.15, 0.2) is 18.2 Å². The Morgan fingerprint density at radius 1 is 1.27 bits per heavy atom. The van der Waals surface area contributed by atoms with E-state index in [9.17, 15) is 8.78 Å². The van der Waals surface area contributed by atoms with Crippen LogP contribution in [0.3, 0.4) is 0 Å². The summed E-state index contributed by atoms with van der Waals surface area (Å²) in [6, 6.07) is 4.51. The second-order valence-corrected chi connectivity index (χ2v) is 3.77. The van der Waals surface area contributed by atoms with Gasteiger partial charge in [0.2, 0.25) is 0 Å². The van der Waals surface area contributed by atoms with Crippen molar-refractivity contribution in [3.8, 4) is 0 Å². The molecule has 82 valence electrons. The first-order chi connectivity index (χ1) is 7.27. The molecule has 2 rings (SSSR count). The van der Waals surface area contributed by atoms with E-state index in [-0.39, 0.29) is 6.04 Å². The highest BCUT2D eigenvalue weighted by atomic mass is 19.2. The molecular weight excluding hydrogens is 198 g/mol. The fraction of sp³-hybridized carbons (Fsp3) is 0.455. The Balaban J connectivity index is 2.06. The zero-order valence-corrected chi connectivity index (χ0v) is 8.39. The van der Waals surface area contributed by atoms with Gasteiger partial charge in [-0.2, -0.15) is 0 Å². The summed E-state index contributed by atoms with van der Waals surface area (Å²) in [6.07, 6.45) is 0.524. The Labute approximate surface area is 87.7 Å². The Kier molecular flexibility index (Phi) is 3.28. The van der Waals surface area contributed by atoms with Crippen LogP contribution in [0, 0.1) is 11.6 Å². The molecule has 0 radical (unpaired) electrons. The summed E-state index contributed by atoms with van der Waals surface area (Å²) in [4.78, 5) is 0. The van der Waals surface area contributed by atoms with Crippen LogP contribution in [0.2, 0.25) is 0 Å². The Morgan fingerprint density at radius 2 is 2.13 bits per heavy atom. The quantitative estimate of drug-likeness (QED) is 0.766. The number of halogens is 2. The molecule has 1 aromatic carbocycles. The van der Waals surface area contributed by atoms with Crippen molar-refractivity contribution in [2.45, 2.75) is 12.5 Å². The normalized spacial score (nSPS) is 21.6. The topological polar surface area (TPSA) is 24.1 Å². The average Bonchev–Trinajstić information content (AvgIpc) is 2.26. The molecule has 0 spiro atoms. The lowest BCUT2D eigenvalue weighted by Crippen LogP contribution is -2.49. The maximum atomic E-state index is 13.3. The minimum Gasteiger partial charge on any atom is -0.314 e. The van der Waals surface area contributed by atoms with Crippen molar-refractivity contribution in [3.63, 3.8) is 0 Å². The summed E-state index contributed by atoms with van der Waals surface area (Å²) in [5, 5.41) is 6.47. The summed E-state index contributed by atoms with van der Waals surface area (Å²) in [5.41, 5.74) is 0.441. The molecule has 0 unspecified atom stereocenters. The van der Waals surface area contributed by atoms with Crippen LogP contribution < -0.4 is 10.6 Å². The van der Waals surface area contributed by atoms with Crippen molar-refractivity contribution in [2.24, 2.45) is 0 Å². The van der Waals surface area contributed by atoms with Crippen molar-refractivity contribution in [3.05, 3.63) is 35.4 Å². The lowest BCUT2D eigenvalue weighted by Gasteiger charge is -2.24. The summed E-state index contributed by atoms with van der Waals surface area (Å²) in [6.45, 7) is 2.61. The van der Waals surface area contributed by atoms with E-state index in [1.165, 1.54) is 0 Å². The summed E-state index contributed by atoms with van der Waals surface area (Å²) >= 11 is 0. The van der Waals surface area contributed by atoms with Gasteiger partial charge < -0.3 is 10.6 Å². The van der Waals surface area contributed by atoms with E-state index >= 15 is 0 Å². The molecule has 1 heterocycles. The first kappa shape index (κ1) is 10.5.